The third-order valence-electron chi connectivity index (χ3n) is 6.55. The van der Waals surface area contributed by atoms with Crippen LogP contribution in [0.25, 0.3) is 0 Å². The number of pyridine rings is 2. The summed E-state index contributed by atoms with van der Waals surface area (Å²) in [6.07, 6.45) is 0.135. The molecule has 2 aromatic rings. The number of nitrogens with one attached hydrogen (secondary N) is 1. The van der Waals surface area contributed by atoms with Crippen LogP contribution in [0.3, 0.4) is 0 Å². The van der Waals surface area contributed by atoms with Gasteiger partial charge in [-0.2, -0.15) is 10.5 Å². The summed E-state index contributed by atoms with van der Waals surface area (Å²) in [5, 5.41) is 2.46. The molecule has 3 heterocycles. The van der Waals surface area contributed by atoms with Crippen LogP contribution < -0.4 is 16.8 Å². The minimum absolute atomic E-state index is 0.0748. The van der Waals surface area contributed by atoms with Gasteiger partial charge < -0.3 is 16.8 Å². The molecule has 0 fully saturated rings. The first-order valence-corrected chi connectivity index (χ1v) is 12.0. The molecule has 1 aliphatic rings. The molecular formula is C23H28F4N6OS. The molecule has 0 spiro atoms. The summed E-state index contributed by atoms with van der Waals surface area (Å²) in [5.74, 6) is -1.22. The first-order valence-electron chi connectivity index (χ1n) is 10.7. The molecule has 0 saturated carbocycles. The SMILES string of the molecule is C=S1C(C)(C)C(N)=N[C@](C)(c2nc(NC(=O)c3ccc(F)cn3)ccc2F)[C@@]1(C)CC(F)(F)CN. The molecule has 7 nitrogen and oxygen atoms in total. The van der Waals surface area contributed by atoms with Crippen molar-refractivity contribution in [3.8, 4) is 0 Å². The number of aromatic nitrogens is 2. The number of halogens is 4. The highest BCUT2D eigenvalue weighted by Crippen LogP contribution is 2.60. The van der Waals surface area contributed by atoms with Gasteiger partial charge in [0.25, 0.3) is 11.8 Å². The number of aliphatic imine (C=N–C) groups is 1. The zero-order chi connectivity index (χ0) is 26.4. The Morgan fingerprint density at radius 3 is 2.40 bits per heavy atom. The summed E-state index contributed by atoms with van der Waals surface area (Å²) in [6.45, 7) is 5.61. The number of carbonyl (C=O) groups excluding carboxylic acids is 1. The zero-order valence-electron chi connectivity index (χ0n) is 19.8. The van der Waals surface area contributed by atoms with Crippen LogP contribution in [0.1, 0.15) is 50.3 Å². The van der Waals surface area contributed by atoms with E-state index < -0.39 is 61.9 Å². The lowest BCUT2D eigenvalue weighted by Gasteiger charge is -2.54. The Labute approximate surface area is 203 Å². The minimum atomic E-state index is -3.28. The first kappa shape index (κ1) is 26.7. The highest BCUT2D eigenvalue weighted by Gasteiger charge is 2.60. The van der Waals surface area contributed by atoms with Crippen molar-refractivity contribution in [2.45, 2.75) is 55.1 Å². The van der Waals surface area contributed by atoms with Crippen LogP contribution in [0.2, 0.25) is 0 Å². The third-order valence-corrected chi connectivity index (χ3v) is 9.62. The van der Waals surface area contributed by atoms with Gasteiger partial charge in [0.1, 0.15) is 40.2 Å². The number of amidine groups is 1. The lowest BCUT2D eigenvalue weighted by atomic mass is 9.78. The van der Waals surface area contributed by atoms with Gasteiger partial charge in [-0.15, -0.1) is 0 Å². The van der Waals surface area contributed by atoms with Gasteiger partial charge in [0.05, 0.1) is 17.5 Å². The molecule has 0 saturated heterocycles. The van der Waals surface area contributed by atoms with E-state index in [-0.39, 0.29) is 23.0 Å². The number of rotatable bonds is 6. The fourth-order valence-corrected chi connectivity index (χ4v) is 6.53. The number of amides is 1. The third kappa shape index (κ3) is 4.68. The number of nitrogens with two attached hydrogens (primary N) is 2. The molecule has 3 rings (SSSR count). The fourth-order valence-electron chi connectivity index (χ4n) is 4.10. The Balaban J connectivity index is 2.14. The summed E-state index contributed by atoms with van der Waals surface area (Å²) < 4.78 is 55.5. The molecule has 0 aliphatic carbocycles. The maximum Gasteiger partial charge on any atom is 0.275 e. The van der Waals surface area contributed by atoms with Crippen molar-refractivity contribution in [1.82, 2.24) is 9.97 Å². The van der Waals surface area contributed by atoms with Gasteiger partial charge >= 0.3 is 0 Å². The van der Waals surface area contributed by atoms with E-state index in [0.29, 0.717) is 0 Å². The highest BCUT2D eigenvalue weighted by atomic mass is 32.2. The zero-order valence-corrected chi connectivity index (χ0v) is 20.6. The molecule has 1 amide bonds. The Morgan fingerprint density at radius 1 is 1.17 bits per heavy atom. The van der Waals surface area contributed by atoms with Crippen molar-refractivity contribution < 1.29 is 22.4 Å². The van der Waals surface area contributed by atoms with Gasteiger partial charge in [-0.05, 0) is 52.0 Å². The average Bonchev–Trinajstić information content (AvgIpc) is 2.78. The van der Waals surface area contributed by atoms with Gasteiger partial charge in [-0.3, -0.25) is 9.79 Å². The molecule has 5 N–H and O–H groups in total. The van der Waals surface area contributed by atoms with E-state index in [4.69, 9.17) is 11.5 Å². The van der Waals surface area contributed by atoms with Crippen LogP contribution >= 0.6 is 10.5 Å². The summed E-state index contributed by atoms with van der Waals surface area (Å²) in [7, 11) is -1.09. The van der Waals surface area contributed by atoms with E-state index >= 15 is 4.39 Å². The topological polar surface area (TPSA) is 119 Å². The standard InChI is InChI=1S/C23H28F4N6OS/c1-20(2)19(29)33-22(4,21(3,35(20)5)11-23(26,27)12-28)17-14(25)7-9-16(31-17)32-18(34)15-8-6-13(24)10-30-15/h6-10H,5,11-12,28H2,1-4H3,(H2,29,33)(H,31,32,34)/t21-,22-,35?/m1/s1. The summed E-state index contributed by atoms with van der Waals surface area (Å²) in [5.41, 5.74) is 9.51. The molecule has 2 aromatic heterocycles. The van der Waals surface area contributed by atoms with Gasteiger partial charge in [0, 0.05) is 11.2 Å². The normalized spacial score (nSPS) is 26.2. The number of nitrogens with zero attached hydrogens (tertiary/aromatic N) is 3. The number of hydrogen-bond donors (Lipinski definition) is 3. The molecule has 35 heavy (non-hydrogen) atoms. The van der Waals surface area contributed by atoms with Crippen LogP contribution in [0.15, 0.2) is 35.5 Å². The van der Waals surface area contributed by atoms with E-state index in [0.717, 1.165) is 18.3 Å². The quantitative estimate of drug-likeness (QED) is 0.402. The Kier molecular flexibility index (Phi) is 6.86. The molecule has 12 heteroatoms. The summed E-state index contributed by atoms with van der Waals surface area (Å²) >= 11 is 0. The number of carbonyl (C=O) groups is 1. The van der Waals surface area contributed by atoms with E-state index in [9.17, 15) is 18.0 Å². The van der Waals surface area contributed by atoms with Crippen molar-refractivity contribution in [3.63, 3.8) is 0 Å². The fraction of sp³-hybridized carbons (Fsp3) is 0.435. The van der Waals surface area contributed by atoms with Crippen molar-refractivity contribution >= 4 is 33.9 Å². The van der Waals surface area contributed by atoms with E-state index in [1.165, 1.54) is 19.1 Å². The van der Waals surface area contributed by atoms with Crippen molar-refractivity contribution in [3.05, 3.63) is 53.5 Å². The van der Waals surface area contributed by atoms with Crippen molar-refractivity contribution in [2.24, 2.45) is 16.5 Å². The number of hydrogen-bond acceptors (Lipinski definition) is 6. The molecule has 3 atom stereocenters. The molecule has 0 aromatic carbocycles. The predicted octanol–water partition coefficient (Wildman–Crippen LogP) is 3.82. The molecule has 190 valence electrons. The van der Waals surface area contributed by atoms with E-state index in [2.05, 4.69) is 26.1 Å². The molecule has 1 aliphatic heterocycles. The second-order valence-electron chi connectivity index (χ2n) is 9.28. The largest absolute Gasteiger partial charge is 0.386 e. The maximum atomic E-state index is 15.2. The van der Waals surface area contributed by atoms with Crippen LogP contribution in [0.4, 0.5) is 23.4 Å². The van der Waals surface area contributed by atoms with Crippen LogP contribution in [-0.4, -0.2) is 49.5 Å². The lowest BCUT2D eigenvalue weighted by molar-refractivity contribution is -0.0152. The number of anilines is 1. The average molecular weight is 513 g/mol. The van der Waals surface area contributed by atoms with Gasteiger partial charge in [-0.1, -0.05) is 5.87 Å². The second-order valence-corrected chi connectivity index (χ2v) is 12.0. The van der Waals surface area contributed by atoms with E-state index in [1.54, 1.807) is 20.8 Å². The smallest absolute Gasteiger partial charge is 0.275 e. The number of alkyl halides is 2. The Morgan fingerprint density at radius 2 is 1.83 bits per heavy atom. The van der Waals surface area contributed by atoms with Gasteiger partial charge in [-0.25, -0.2) is 27.5 Å². The van der Waals surface area contributed by atoms with Gasteiger partial charge in [0.15, 0.2) is 0 Å². The van der Waals surface area contributed by atoms with Crippen molar-refractivity contribution in [2.75, 3.05) is 11.9 Å². The molecule has 0 bridgehead atoms. The van der Waals surface area contributed by atoms with E-state index in [1.807, 2.05) is 0 Å². The monoisotopic (exact) mass is 512 g/mol. The molecule has 0 radical (unpaired) electrons. The second kappa shape index (κ2) is 8.98. The predicted molar refractivity (Wildman–Crippen MR) is 131 cm³/mol. The van der Waals surface area contributed by atoms with Crippen LogP contribution in [0.5, 0.6) is 0 Å². The Hall–Kier alpha value is -2.86. The summed E-state index contributed by atoms with van der Waals surface area (Å²) in [6, 6.07) is 4.49. The Bertz CT molecular complexity index is 1200. The maximum absolute atomic E-state index is 15.2. The summed E-state index contributed by atoms with van der Waals surface area (Å²) in [4.78, 5) is 25.0. The first-order chi connectivity index (χ1) is 16.1. The molecule has 1 unspecified atom stereocenters. The lowest BCUT2D eigenvalue weighted by Crippen LogP contribution is -2.59. The van der Waals surface area contributed by atoms with Crippen LogP contribution in [0, 0.1) is 11.6 Å². The van der Waals surface area contributed by atoms with Gasteiger partial charge in [0.2, 0.25) is 0 Å². The highest BCUT2D eigenvalue weighted by molar-refractivity contribution is 8.17. The minimum Gasteiger partial charge on any atom is -0.386 e. The molecular weight excluding hydrogens is 484 g/mol. The van der Waals surface area contributed by atoms with Crippen molar-refractivity contribution in [1.29, 1.82) is 0 Å². The van der Waals surface area contributed by atoms with Crippen LogP contribution in [-0.2, 0) is 5.54 Å².